The van der Waals surface area contributed by atoms with E-state index in [1.165, 1.54) is 24.3 Å². The number of aliphatic carboxylic acids is 1. The first-order valence-corrected chi connectivity index (χ1v) is 8.42. The fraction of sp³-hybridized carbons (Fsp3) is 0.188. The van der Waals surface area contributed by atoms with Crippen LogP contribution in [0.1, 0.15) is 6.92 Å². The number of hydrogen-bond acceptors (Lipinski definition) is 4. The molecule has 1 N–H and O–H groups in total. The SMILES string of the molecule is CCN(CC(=O)O)S(=O)(=O)c1ccc(Oc2ccccc2)cc1. The number of carboxylic acid groups (broad SMARTS) is 1. The Morgan fingerprint density at radius 3 is 2.13 bits per heavy atom. The van der Waals surface area contributed by atoms with Gasteiger partial charge < -0.3 is 9.84 Å². The fourth-order valence-corrected chi connectivity index (χ4v) is 3.37. The Morgan fingerprint density at radius 1 is 1.04 bits per heavy atom. The molecule has 23 heavy (non-hydrogen) atoms. The highest BCUT2D eigenvalue weighted by Crippen LogP contribution is 2.23. The highest BCUT2D eigenvalue weighted by molar-refractivity contribution is 7.89. The second-order valence-corrected chi connectivity index (χ2v) is 6.65. The summed E-state index contributed by atoms with van der Waals surface area (Å²) in [4.78, 5) is 10.8. The van der Waals surface area contributed by atoms with E-state index in [0.717, 1.165) is 4.31 Å². The Hall–Kier alpha value is -2.38. The third-order valence-electron chi connectivity index (χ3n) is 3.10. The number of ether oxygens (including phenoxy) is 1. The number of hydrogen-bond donors (Lipinski definition) is 1. The summed E-state index contributed by atoms with van der Waals surface area (Å²) in [5, 5.41) is 8.81. The summed E-state index contributed by atoms with van der Waals surface area (Å²) in [6.45, 7) is 1.10. The van der Waals surface area contributed by atoms with Crippen LogP contribution in [0.15, 0.2) is 59.5 Å². The monoisotopic (exact) mass is 335 g/mol. The van der Waals surface area contributed by atoms with Gasteiger partial charge in [-0.05, 0) is 36.4 Å². The third-order valence-corrected chi connectivity index (χ3v) is 5.04. The minimum Gasteiger partial charge on any atom is -0.480 e. The number of para-hydroxylation sites is 1. The lowest BCUT2D eigenvalue weighted by Gasteiger charge is -2.18. The Labute approximate surface area is 135 Å². The van der Waals surface area contributed by atoms with Gasteiger partial charge in [0, 0.05) is 6.54 Å². The van der Waals surface area contributed by atoms with Crippen LogP contribution in [0.4, 0.5) is 0 Å². The number of carbonyl (C=O) groups is 1. The molecule has 6 nitrogen and oxygen atoms in total. The zero-order valence-electron chi connectivity index (χ0n) is 12.5. The third kappa shape index (κ3) is 4.30. The van der Waals surface area contributed by atoms with Crippen LogP contribution in [-0.4, -0.2) is 36.9 Å². The van der Waals surface area contributed by atoms with Crippen molar-refractivity contribution in [1.29, 1.82) is 0 Å². The quantitative estimate of drug-likeness (QED) is 0.841. The van der Waals surface area contributed by atoms with Crippen molar-refractivity contribution in [3.63, 3.8) is 0 Å². The molecule has 2 aromatic carbocycles. The first-order valence-electron chi connectivity index (χ1n) is 6.98. The lowest BCUT2D eigenvalue weighted by molar-refractivity contribution is -0.137. The van der Waals surface area contributed by atoms with Crippen LogP contribution in [0, 0.1) is 0 Å². The van der Waals surface area contributed by atoms with E-state index >= 15 is 0 Å². The van der Waals surface area contributed by atoms with Gasteiger partial charge in [0.25, 0.3) is 0 Å². The van der Waals surface area contributed by atoms with Gasteiger partial charge in [-0.15, -0.1) is 0 Å². The minimum atomic E-state index is -3.84. The minimum absolute atomic E-state index is 0.0287. The van der Waals surface area contributed by atoms with Gasteiger partial charge in [0.15, 0.2) is 0 Å². The molecule has 122 valence electrons. The van der Waals surface area contributed by atoms with Crippen molar-refractivity contribution in [2.24, 2.45) is 0 Å². The van der Waals surface area contributed by atoms with Crippen LogP contribution >= 0.6 is 0 Å². The van der Waals surface area contributed by atoms with Crippen molar-refractivity contribution in [3.05, 3.63) is 54.6 Å². The first kappa shape index (κ1) is 17.0. The molecule has 0 fully saturated rings. The molecule has 0 saturated heterocycles. The van der Waals surface area contributed by atoms with Gasteiger partial charge in [-0.1, -0.05) is 25.1 Å². The van der Waals surface area contributed by atoms with Crippen LogP contribution in [-0.2, 0) is 14.8 Å². The molecule has 2 aromatic rings. The normalized spacial score (nSPS) is 11.4. The van der Waals surface area contributed by atoms with E-state index in [-0.39, 0.29) is 11.4 Å². The number of likely N-dealkylation sites (N-methyl/N-ethyl adjacent to an activating group) is 1. The largest absolute Gasteiger partial charge is 0.480 e. The summed E-state index contributed by atoms with van der Waals surface area (Å²) >= 11 is 0. The van der Waals surface area contributed by atoms with Gasteiger partial charge in [0.1, 0.15) is 18.0 Å². The predicted molar refractivity (Wildman–Crippen MR) is 85.0 cm³/mol. The van der Waals surface area contributed by atoms with Crippen molar-refractivity contribution >= 4 is 16.0 Å². The molecule has 0 saturated carbocycles. The number of carboxylic acids is 1. The molecule has 0 aliphatic rings. The summed E-state index contributed by atoms with van der Waals surface area (Å²) in [5.41, 5.74) is 0. The molecule has 0 bridgehead atoms. The summed E-state index contributed by atoms with van der Waals surface area (Å²) in [6, 6.07) is 15.0. The number of rotatable bonds is 7. The smallest absolute Gasteiger partial charge is 0.318 e. The molecule has 0 aromatic heterocycles. The van der Waals surface area contributed by atoms with Crippen molar-refractivity contribution in [1.82, 2.24) is 4.31 Å². The summed E-state index contributed by atoms with van der Waals surface area (Å²) in [7, 11) is -3.84. The van der Waals surface area contributed by atoms with E-state index in [2.05, 4.69) is 0 Å². The summed E-state index contributed by atoms with van der Waals surface area (Å²) in [5.74, 6) is -0.0555. The van der Waals surface area contributed by atoms with Gasteiger partial charge >= 0.3 is 5.97 Å². The molecule has 0 atom stereocenters. The first-order chi connectivity index (χ1) is 10.9. The predicted octanol–water partition coefficient (Wildman–Crippen LogP) is 2.57. The van der Waals surface area contributed by atoms with E-state index in [4.69, 9.17) is 9.84 Å². The van der Waals surface area contributed by atoms with Crippen LogP contribution in [0.2, 0.25) is 0 Å². The fourth-order valence-electron chi connectivity index (χ4n) is 1.97. The highest BCUT2D eigenvalue weighted by Gasteiger charge is 2.25. The topological polar surface area (TPSA) is 83.9 Å². The second kappa shape index (κ2) is 7.26. The van der Waals surface area contributed by atoms with Gasteiger partial charge in [0.2, 0.25) is 10.0 Å². The van der Waals surface area contributed by atoms with E-state index in [1.807, 2.05) is 18.2 Å². The van der Waals surface area contributed by atoms with Crippen LogP contribution in [0.5, 0.6) is 11.5 Å². The van der Waals surface area contributed by atoms with E-state index in [0.29, 0.717) is 11.5 Å². The number of benzene rings is 2. The maximum Gasteiger partial charge on any atom is 0.318 e. The zero-order chi connectivity index (χ0) is 16.9. The Morgan fingerprint density at radius 2 is 1.61 bits per heavy atom. The summed E-state index contributed by atoms with van der Waals surface area (Å²) in [6.07, 6.45) is 0. The van der Waals surface area contributed by atoms with E-state index in [1.54, 1.807) is 19.1 Å². The average Bonchev–Trinajstić information content (AvgIpc) is 2.54. The molecular formula is C16H17NO5S. The molecule has 0 amide bonds. The van der Waals surface area contributed by atoms with E-state index < -0.39 is 22.5 Å². The van der Waals surface area contributed by atoms with Gasteiger partial charge in [-0.2, -0.15) is 4.31 Å². The average molecular weight is 335 g/mol. The van der Waals surface area contributed by atoms with Crippen molar-refractivity contribution in [2.75, 3.05) is 13.1 Å². The molecule has 0 aliphatic carbocycles. The zero-order valence-corrected chi connectivity index (χ0v) is 13.4. The van der Waals surface area contributed by atoms with E-state index in [9.17, 15) is 13.2 Å². The Kier molecular flexibility index (Phi) is 5.36. The molecule has 7 heteroatoms. The standard InChI is InChI=1S/C16H17NO5S/c1-2-17(12-16(18)19)23(20,21)15-10-8-14(9-11-15)22-13-6-4-3-5-7-13/h3-11H,2,12H2,1H3,(H,18,19). The Balaban J connectivity index is 2.19. The lowest BCUT2D eigenvalue weighted by atomic mass is 10.3. The molecule has 0 spiro atoms. The molecule has 0 radical (unpaired) electrons. The molecule has 2 rings (SSSR count). The summed E-state index contributed by atoms with van der Waals surface area (Å²) < 4.78 is 31.3. The van der Waals surface area contributed by atoms with Crippen LogP contribution in [0.3, 0.4) is 0 Å². The van der Waals surface area contributed by atoms with Crippen molar-refractivity contribution < 1.29 is 23.1 Å². The number of sulfonamides is 1. The maximum absolute atomic E-state index is 12.4. The van der Waals surface area contributed by atoms with Gasteiger partial charge in [-0.25, -0.2) is 8.42 Å². The maximum atomic E-state index is 12.4. The van der Waals surface area contributed by atoms with Gasteiger partial charge in [-0.3, -0.25) is 4.79 Å². The van der Waals surface area contributed by atoms with Crippen molar-refractivity contribution in [2.45, 2.75) is 11.8 Å². The molecule has 0 heterocycles. The van der Waals surface area contributed by atoms with Crippen LogP contribution in [0.25, 0.3) is 0 Å². The second-order valence-electron chi connectivity index (χ2n) is 4.71. The highest BCUT2D eigenvalue weighted by atomic mass is 32.2. The van der Waals surface area contributed by atoms with Crippen molar-refractivity contribution in [3.8, 4) is 11.5 Å². The lowest BCUT2D eigenvalue weighted by Crippen LogP contribution is -2.35. The van der Waals surface area contributed by atoms with Crippen LogP contribution < -0.4 is 4.74 Å². The molecule has 0 aliphatic heterocycles. The molecular weight excluding hydrogens is 318 g/mol. The molecule has 0 unspecified atom stereocenters. The Bertz CT molecular complexity index is 757. The van der Waals surface area contributed by atoms with Gasteiger partial charge in [0.05, 0.1) is 4.90 Å². The number of nitrogens with zero attached hydrogens (tertiary/aromatic N) is 1.